The molecule has 5 heteroatoms. The molecule has 1 N–H and O–H groups in total. The first kappa shape index (κ1) is 14.9. The van der Waals surface area contributed by atoms with E-state index in [4.69, 9.17) is 16.3 Å². The van der Waals surface area contributed by atoms with Gasteiger partial charge in [0.1, 0.15) is 5.75 Å². The fourth-order valence-corrected chi connectivity index (χ4v) is 2.00. The van der Waals surface area contributed by atoms with Gasteiger partial charge < -0.3 is 10.1 Å². The number of ether oxygens (including phenoxy) is 1. The Morgan fingerprint density at radius 3 is 2.80 bits per heavy atom. The Bertz CT molecular complexity index is 566. The molecule has 20 heavy (non-hydrogen) atoms. The van der Waals surface area contributed by atoms with E-state index in [0.717, 1.165) is 18.7 Å². The molecule has 0 fully saturated rings. The molecule has 0 aliphatic carbocycles. The van der Waals surface area contributed by atoms with Crippen LogP contribution < -0.4 is 10.1 Å². The standard InChI is InChI=1S/C15H20ClN3O/c1-4-19-10-13(9-18-19)20-15-6-5-12(7-14(15)16)8-17-11(2)3/h5-7,9-11,17H,4,8H2,1-3H3. The first-order valence-electron chi connectivity index (χ1n) is 6.80. The highest BCUT2D eigenvalue weighted by atomic mass is 35.5. The first-order chi connectivity index (χ1) is 9.58. The lowest BCUT2D eigenvalue weighted by Gasteiger charge is -2.10. The van der Waals surface area contributed by atoms with Crippen LogP contribution in [0.1, 0.15) is 26.3 Å². The fraction of sp³-hybridized carbons (Fsp3) is 0.400. The van der Waals surface area contributed by atoms with Crippen LogP contribution in [-0.4, -0.2) is 15.8 Å². The highest BCUT2D eigenvalue weighted by molar-refractivity contribution is 6.32. The number of halogens is 1. The van der Waals surface area contributed by atoms with E-state index in [2.05, 4.69) is 24.3 Å². The van der Waals surface area contributed by atoms with Gasteiger partial charge in [-0.2, -0.15) is 5.10 Å². The molecule has 108 valence electrons. The summed E-state index contributed by atoms with van der Waals surface area (Å²) in [5, 5.41) is 8.13. The summed E-state index contributed by atoms with van der Waals surface area (Å²) < 4.78 is 7.55. The Morgan fingerprint density at radius 1 is 1.40 bits per heavy atom. The quantitative estimate of drug-likeness (QED) is 0.879. The Kier molecular flexibility index (Phi) is 5.04. The summed E-state index contributed by atoms with van der Waals surface area (Å²) in [5.74, 6) is 1.34. The zero-order valence-corrected chi connectivity index (χ0v) is 12.8. The molecule has 2 aromatic rings. The maximum atomic E-state index is 6.26. The van der Waals surface area contributed by atoms with Crippen molar-refractivity contribution in [3.8, 4) is 11.5 Å². The molecule has 0 atom stereocenters. The third-order valence-corrected chi connectivity index (χ3v) is 3.17. The second-order valence-corrected chi connectivity index (χ2v) is 5.34. The monoisotopic (exact) mass is 293 g/mol. The molecule has 0 bridgehead atoms. The maximum absolute atomic E-state index is 6.26. The number of rotatable bonds is 6. The van der Waals surface area contributed by atoms with Gasteiger partial charge in [-0.15, -0.1) is 0 Å². The molecule has 0 amide bonds. The second-order valence-electron chi connectivity index (χ2n) is 4.93. The van der Waals surface area contributed by atoms with Gasteiger partial charge in [-0.05, 0) is 24.6 Å². The largest absolute Gasteiger partial charge is 0.452 e. The van der Waals surface area contributed by atoms with Crippen LogP contribution in [-0.2, 0) is 13.1 Å². The van der Waals surface area contributed by atoms with Crippen LogP contribution in [0, 0.1) is 0 Å². The highest BCUT2D eigenvalue weighted by Crippen LogP contribution is 2.29. The summed E-state index contributed by atoms with van der Waals surface area (Å²) in [6.45, 7) is 7.87. The normalized spacial score (nSPS) is 11.1. The predicted octanol–water partition coefficient (Wildman–Crippen LogP) is 3.85. The minimum Gasteiger partial charge on any atom is -0.452 e. The molecule has 2 rings (SSSR count). The van der Waals surface area contributed by atoms with Gasteiger partial charge in [-0.3, -0.25) is 4.68 Å². The summed E-state index contributed by atoms with van der Waals surface area (Å²) in [6.07, 6.45) is 3.54. The topological polar surface area (TPSA) is 39.1 Å². The van der Waals surface area contributed by atoms with E-state index in [1.54, 1.807) is 6.20 Å². The van der Waals surface area contributed by atoms with Gasteiger partial charge in [0, 0.05) is 19.1 Å². The molecule has 0 aliphatic heterocycles. The van der Waals surface area contributed by atoms with Crippen molar-refractivity contribution in [1.29, 1.82) is 0 Å². The van der Waals surface area contributed by atoms with Crippen molar-refractivity contribution in [3.63, 3.8) is 0 Å². The van der Waals surface area contributed by atoms with Gasteiger partial charge >= 0.3 is 0 Å². The number of hydrogen-bond donors (Lipinski definition) is 1. The number of nitrogens with one attached hydrogen (secondary N) is 1. The van der Waals surface area contributed by atoms with Gasteiger partial charge in [0.05, 0.1) is 17.4 Å². The zero-order chi connectivity index (χ0) is 14.5. The molecule has 4 nitrogen and oxygen atoms in total. The molecule has 0 spiro atoms. The third-order valence-electron chi connectivity index (χ3n) is 2.87. The van der Waals surface area contributed by atoms with E-state index in [0.29, 0.717) is 22.6 Å². The van der Waals surface area contributed by atoms with Crippen molar-refractivity contribution >= 4 is 11.6 Å². The SMILES string of the molecule is CCn1cc(Oc2ccc(CNC(C)C)cc2Cl)cn1. The van der Waals surface area contributed by atoms with E-state index in [1.807, 2.05) is 36.0 Å². The number of aryl methyl sites for hydroxylation is 1. The van der Waals surface area contributed by atoms with Gasteiger partial charge in [-0.25, -0.2) is 0 Å². The lowest BCUT2D eigenvalue weighted by atomic mass is 10.2. The van der Waals surface area contributed by atoms with Crippen molar-refractivity contribution in [3.05, 3.63) is 41.2 Å². The molecule has 0 saturated heterocycles. The smallest absolute Gasteiger partial charge is 0.165 e. The predicted molar refractivity (Wildman–Crippen MR) is 81.4 cm³/mol. The average molecular weight is 294 g/mol. The molecule has 1 heterocycles. The van der Waals surface area contributed by atoms with Crippen LogP contribution in [0.4, 0.5) is 0 Å². The van der Waals surface area contributed by atoms with Crippen molar-refractivity contribution < 1.29 is 4.74 Å². The van der Waals surface area contributed by atoms with E-state index in [9.17, 15) is 0 Å². The molecule has 0 aliphatic rings. The molecule has 1 aromatic heterocycles. The Hall–Kier alpha value is -1.52. The van der Waals surface area contributed by atoms with E-state index < -0.39 is 0 Å². The maximum Gasteiger partial charge on any atom is 0.165 e. The van der Waals surface area contributed by atoms with Crippen LogP contribution >= 0.6 is 11.6 Å². The second kappa shape index (κ2) is 6.77. The van der Waals surface area contributed by atoms with Crippen LogP contribution in [0.15, 0.2) is 30.6 Å². The summed E-state index contributed by atoms with van der Waals surface area (Å²) in [7, 11) is 0. The minimum atomic E-state index is 0.449. The van der Waals surface area contributed by atoms with E-state index in [1.165, 1.54) is 0 Å². The molecule has 0 unspecified atom stereocenters. The Labute approximate surface area is 124 Å². The highest BCUT2D eigenvalue weighted by Gasteiger charge is 2.06. The zero-order valence-electron chi connectivity index (χ0n) is 12.1. The minimum absolute atomic E-state index is 0.449. The van der Waals surface area contributed by atoms with E-state index >= 15 is 0 Å². The van der Waals surface area contributed by atoms with Crippen LogP contribution in [0.5, 0.6) is 11.5 Å². The summed E-state index contributed by atoms with van der Waals surface area (Å²) in [5.41, 5.74) is 1.14. The van der Waals surface area contributed by atoms with Gasteiger partial charge in [-0.1, -0.05) is 31.5 Å². The van der Waals surface area contributed by atoms with Crippen LogP contribution in [0.2, 0.25) is 5.02 Å². The summed E-state index contributed by atoms with van der Waals surface area (Å²) in [4.78, 5) is 0. The van der Waals surface area contributed by atoms with Crippen molar-refractivity contribution in [1.82, 2.24) is 15.1 Å². The number of benzene rings is 1. The molecular weight excluding hydrogens is 274 g/mol. The van der Waals surface area contributed by atoms with Crippen LogP contribution in [0.3, 0.4) is 0 Å². The lowest BCUT2D eigenvalue weighted by molar-refractivity contribution is 0.481. The average Bonchev–Trinajstić information content (AvgIpc) is 2.87. The molecule has 0 saturated carbocycles. The number of hydrogen-bond acceptors (Lipinski definition) is 3. The van der Waals surface area contributed by atoms with E-state index in [-0.39, 0.29) is 0 Å². The van der Waals surface area contributed by atoms with Crippen molar-refractivity contribution in [2.45, 2.75) is 39.9 Å². The molecular formula is C15H20ClN3O. The van der Waals surface area contributed by atoms with Gasteiger partial charge in [0.25, 0.3) is 0 Å². The Morgan fingerprint density at radius 2 is 2.20 bits per heavy atom. The number of nitrogens with zero attached hydrogens (tertiary/aromatic N) is 2. The summed E-state index contributed by atoms with van der Waals surface area (Å²) in [6, 6.07) is 6.28. The summed E-state index contributed by atoms with van der Waals surface area (Å²) >= 11 is 6.26. The fourth-order valence-electron chi connectivity index (χ4n) is 1.76. The van der Waals surface area contributed by atoms with Crippen LogP contribution in [0.25, 0.3) is 0 Å². The van der Waals surface area contributed by atoms with Crippen molar-refractivity contribution in [2.75, 3.05) is 0 Å². The lowest BCUT2D eigenvalue weighted by Crippen LogP contribution is -2.21. The van der Waals surface area contributed by atoms with Crippen molar-refractivity contribution in [2.24, 2.45) is 0 Å². The van der Waals surface area contributed by atoms with Gasteiger partial charge in [0.15, 0.2) is 5.75 Å². The first-order valence-corrected chi connectivity index (χ1v) is 7.18. The number of aromatic nitrogens is 2. The third kappa shape index (κ3) is 3.99. The molecule has 0 radical (unpaired) electrons. The molecule has 1 aromatic carbocycles. The Balaban J connectivity index is 2.05. The van der Waals surface area contributed by atoms with Gasteiger partial charge in [0.2, 0.25) is 0 Å².